The van der Waals surface area contributed by atoms with Crippen molar-refractivity contribution >= 4 is 27.5 Å². The number of thiazole rings is 1. The number of benzene rings is 1. The number of rotatable bonds is 3. The van der Waals surface area contributed by atoms with Gasteiger partial charge in [-0.1, -0.05) is 17.3 Å². The van der Waals surface area contributed by atoms with Gasteiger partial charge in [0.05, 0.1) is 22.5 Å². The van der Waals surface area contributed by atoms with Crippen molar-refractivity contribution in [1.82, 2.24) is 24.9 Å². The molecule has 1 amide bonds. The van der Waals surface area contributed by atoms with E-state index in [-0.39, 0.29) is 11.9 Å². The minimum absolute atomic E-state index is 0.0374. The lowest BCUT2D eigenvalue weighted by Gasteiger charge is -2.33. The fourth-order valence-corrected chi connectivity index (χ4v) is 4.28. The van der Waals surface area contributed by atoms with Crippen LogP contribution in [0.15, 0.2) is 30.5 Å². The molecule has 0 bridgehead atoms. The fraction of sp³-hybridized carbons (Fsp3) is 0.412. The average Bonchev–Trinajstić information content (AvgIpc) is 3.27. The summed E-state index contributed by atoms with van der Waals surface area (Å²) in [6.07, 6.45) is 4.82. The van der Waals surface area contributed by atoms with Gasteiger partial charge in [0.2, 0.25) is 0 Å². The van der Waals surface area contributed by atoms with Gasteiger partial charge >= 0.3 is 0 Å². The van der Waals surface area contributed by atoms with E-state index in [1.54, 1.807) is 22.2 Å². The Morgan fingerprint density at radius 1 is 1.33 bits per heavy atom. The zero-order valence-electron chi connectivity index (χ0n) is 13.6. The van der Waals surface area contributed by atoms with E-state index in [9.17, 15) is 4.79 Å². The molecule has 0 spiro atoms. The summed E-state index contributed by atoms with van der Waals surface area (Å²) >= 11 is 1.68. The van der Waals surface area contributed by atoms with E-state index in [1.807, 2.05) is 30.0 Å². The van der Waals surface area contributed by atoms with Gasteiger partial charge in [-0.3, -0.25) is 9.48 Å². The van der Waals surface area contributed by atoms with Crippen LogP contribution in [0.5, 0.6) is 0 Å². The molecule has 124 valence electrons. The molecule has 1 atom stereocenters. The quantitative estimate of drug-likeness (QED) is 0.733. The summed E-state index contributed by atoms with van der Waals surface area (Å²) < 4.78 is 2.85. The molecule has 0 saturated carbocycles. The normalized spacial score (nSPS) is 18.2. The number of fused-ring (bicyclic) bond motifs is 1. The van der Waals surface area contributed by atoms with Crippen LogP contribution in [0.2, 0.25) is 0 Å². The van der Waals surface area contributed by atoms with E-state index in [0.717, 1.165) is 36.3 Å². The van der Waals surface area contributed by atoms with E-state index in [2.05, 4.69) is 16.4 Å². The monoisotopic (exact) mass is 341 g/mol. The molecule has 1 unspecified atom stereocenters. The molecule has 0 radical (unpaired) electrons. The number of para-hydroxylation sites is 1. The largest absolute Gasteiger partial charge is 0.328 e. The standard InChI is InChI=1S/C17H19N5OS/c1-2-21-11-13(19-20-21)17(23)22-10-6-5-8-14(22)16-18-12-7-3-4-9-15(12)24-16/h3-4,7,9,11,14H,2,5-6,8,10H2,1H3. The fourth-order valence-electron chi connectivity index (χ4n) is 3.16. The van der Waals surface area contributed by atoms with Crippen molar-refractivity contribution in [1.29, 1.82) is 0 Å². The van der Waals surface area contributed by atoms with E-state index in [0.29, 0.717) is 12.2 Å². The van der Waals surface area contributed by atoms with Gasteiger partial charge in [0.1, 0.15) is 5.01 Å². The summed E-state index contributed by atoms with van der Waals surface area (Å²) in [5.74, 6) is -0.0429. The number of hydrogen-bond donors (Lipinski definition) is 0. The third kappa shape index (κ3) is 2.69. The first-order chi connectivity index (χ1) is 11.8. The molecule has 3 heterocycles. The number of nitrogens with zero attached hydrogens (tertiary/aromatic N) is 5. The Hall–Kier alpha value is -2.28. The molecule has 2 aromatic heterocycles. The van der Waals surface area contributed by atoms with Gasteiger partial charge in [-0.25, -0.2) is 4.98 Å². The number of piperidine rings is 1. The second-order valence-electron chi connectivity index (χ2n) is 5.99. The zero-order chi connectivity index (χ0) is 16.5. The van der Waals surface area contributed by atoms with Crippen molar-refractivity contribution in [3.63, 3.8) is 0 Å². The van der Waals surface area contributed by atoms with Gasteiger partial charge < -0.3 is 4.90 Å². The predicted molar refractivity (Wildman–Crippen MR) is 92.9 cm³/mol. The van der Waals surface area contributed by atoms with E-state index < -0.39 is 0 Å². The molecule has 1 aromatic carbocycles. The summed E-state index contributed by atoms with van der Waals surface area (Å²) in [5.41, 5.74) is 1.43. The van der Waals surface area contributed by atoms with Gasteiger partial charge in [-0.15, -0.1) is 16.4 Å². The Morgan fingerprint density at radius 3 is 3.00 bits per heavy atom. The lowest BCUT2D eigenvalue weighted by atomic mass is 10.0. The third-order valence-corrected chi connectivity index (χ3v) is 5.58. The Morgan fingerprint density at radius 2 is 2.21 bits per heavy atom. The highest BCUT2D eigenvalue weighted by molar-refractivity contribution is 7.18. The summed E-state index contributed by atoms with van der Waals surface area (Å²) in [4.78, 5) is 19.6. The van der Waals surface area contributed by atoms with Crippen molar-refractivity contribution in [2.45, 2.75) is 38.8 Å². The maximum Gasteiger partial charge on any atom is 0.276 e. The smallest absolute Gasteiger partial charge is 0.276 e. The highest BCUT2D eigenvalue weighted by Crippen LogP contribution is 2.36. The molecule has 3 aromatic rings. The van der Waals surface area contributed by atoms with Gasteiger partial charge in [-0.2, -0.15) is 0 Å². The first-order valence-corrected chi connectivity index (χ1v) is 9.14. The summed E-state index contributed by atoms with van der Waals surface area (Å²) in [6.45, 7) is 3.44. The SMILES string of the molecule is CCn1cc(C(=O)N2CCCCC2c2nc3ccccc3s2)nn1. The van der Waals surface area contributed by atoms with Crippen LogP contribution in [0.1, 0.15) is 47.7 Å². The number of carbonyl (C=O) groups is 1. The van der Waals surface area contributed by atoms with Crippen LogP contribution in [0.3, 0.4) is 0 Å². The van der Waals surface area contributed by atoms with E-state index >= 15 is 0 Å². The van der Waals surface area contributed by atoms with Crippen LogP contribution in [-0.4, -0.2) is 37.3 Å². The highest BCUT2D eigenvalue weighted by atomic mass is 32.1. The van der Waals surface area contributed by atoms with Crippen molar-refractivity contribution in [3.8, 4) is 0 Å². The number of likely N-dealkylation sites (tertiary alicyclic amines) is 1. The molecule has 1 aliphatic rings. The lowest BCUT2D eigenvalue weighted by molar-refractivity contribution is 0.0605. The maximum absolute atomic E-state index is 12.9. The number of carbonyl (C=O) groups excluding carboxylic acids is 1. The molecule has 24 heavy (non-hydrogen) atoms. The van der Waals surface area contributed by atoms with Crippen molar-refractivity contribution in [2.24, 2.45) is 0 Å². The van der Waals surface area contributed by atoms with Crippen LogP contribution in [0.4, 0.5) is 0 Å². The molecule has 1 aliphatic heterocycles. The summed E-state index contributed by atoms with van der Waals surface area (Å²) in [5, 5.41) is 9.05. The van der Waals surface area contributed by atoms with Gasteiger partial charge in [-0.05, 0) is 38.3 Å². The van der Waals surface area contributed by atoms with Crippen LogP contribution >= 0.6 is 11.3 Å². The average molecular weight is 341 g/mol. The Bertz CT molecular complexity index is 838. The minimum Gasteiger partial charge on any atom is -0.328 e. The van der Waals surface area contributed by atoms with Crippen LogP contribution in [-0.2, 0) is 6.54 Å². The number of aryl methyl sites for hydroxylation is 1. The number of aromatic nitrogens is 4. The molecule has 6 nitrogen and oxygen atoms in total. The lowest BCUT2D eigenvalue weighted by Crippen LogP contribution is -2.38. The number of hydrogen-bond acceptors (Lipinski definition) is 5. The third-order valence-electron chi connectivity index (χ3n) is 4.44. The molecule has 7 heteroatoms. The van der Waals surface area contributed by atoms with Crippen molar-refractivity contribution < 1.29 is 4.79 Å². The Kier molecular flexibility index (Phi) is 4.02. The highest BCUT2D eigenvalue weighted by Gasteiger charge is 2.32. The molecule has 0 N–H and O–H groups in total. The van der Waals surface area contributed by atoms with E-state index in [4.69, 9.17) is 4.98 Å². The minimum atomic E-state index is -0.0429. The topological polar surface area (TPSA) is 63.9 Å². The Balaban J connectivity index is 1.66. The molecule has 1 fully saturated rings. The first-order valence-electron chi connectivity index (χ1n) is 8.33. The summed E-state index contributed by atoms with van der Waals surface area (Å²) in [6, 6.07) is 8.17. The Labute approximate surface area is 144 Å². The summed E-state index contributed by atoms with van der Waals surface area (Å²) in [7, 11) is 0. The second-order valence-corrected chi connectivity index (χ2v) is 7.05. The zero-order valence-corrected chi connectivity index (χ0v) is 14.4. The van der Waals surface area contributed by atoms with Gasteiger partial charge in [0.25, 0.3) is 5.91 Å². The molecule has 1 saturated heterocycles. The van der Waals surface area contributed by atoms with Crippen LogP contribution in [0, 0.1) is 0 Å². The molecule has 4 rings (SSSR count). The van der Waals surface area contributed by atoms with Gasteiger partial charge in [0, 0.05) is 13.1 Å². The van der Waals surface area contributed by atoms with Crippen LogP contribution in [0.25, 0.3) is 10.2 Å². The van der Waals surface area contributed by atoms with E-state index in [1.165, 1.54) is 4.70 Å². The van der Waals surface area contributed by atoms with Crippen molar-refractivity contribution in [3.05, 3.63) is 41.2 Å². The molecule has 0 aliphatic carbocycles. The predicted octanol–water partition coefficient (Wildman–Crippen LogP) is 3.28. The van der Waals surface area contributed by atoms with Crippen molar-refractivity contribution in [2.75, 3.05) is 6.54 Å². The maximum atomic E-state index is 12.9. The second kappa shape index (κ2) is 6.32. The molecular formula is C17H19N5OS. The first kappa shape index (κ1) is 15.3. The molecular weight excluding hydrogens is 322 g/mol. The number of amides is 1. The van der Waals surface area contributed by atoms with Crippen LogP contribution < -0.4 is 0 Å². The van der Waals surface area contributed by atoms with Gasteiger partial charge in [0.15, 0.2) is 5.69 Å².